The van der Waals surface area contributed by atoms with E-state index in [0.29, 0.717) is 17.0 Å². The van der Waals surface area contributed by atoms with Crippen LogP contribution in [-0.4, -0.2) is 62.7 Å². The highest BCUT2D eigenvalue weighted by molar-refractivity contribution is 6.31. The molecular formula is C20H21ClO7. The molecule has 150 valence electrons. The summed E-state index contributed by atoms with van der Waals surface area (Å²) in [7, 11) is 0. The molecule has 2 heterocycles. The van der Waals surface area contributed by atoms with Crippen molar-refractivity contribution < 1.29 is 35.0 Å². The lowest BCUT2D eigenvalue weighted by Gasteiger charge is -2.46. The highest BCUT2D eigenvalue weighted by Crippen LogP contribution is 2.49. The molecule has 5 unspecified atom stereocenters. The van der Waals surface area contributed by atoms with Gasteiger partial charge in [-0.3, -0.25) is 0 Å². The van der Waals surface area contributed by atoms with Gasteiger partial charge in [-0.15, -0.1) is 0 Å². The number of phenolic OH excluding ortho intramolecular Hbond substituents is 1. The predicted molar refractivity (Wildman–Crippen MR) is 98.9 cm³/mol. The van der Waals surface area contributed by atoms with Crippen LogP contribution in [0.5, 0.6) is 5.75 Å². The third-order valence-electron chi connectivity index (χ3n) is 5.51. The molecule has 0 radical (unpaired) electrons. The van der Waals surface area contributed by atoms with Crippen LogP contribution in [0.1, 0.15) is 16.7 Å². The highest BCUT2D eigenvalue weighted by Gasteiger charge is 2.67. The Bertz CT molecular complexity index is 873. The van der Waals surface area contributed by atoms with E-state index in [-0.39, 0.29) is 12.4 Å². The van der Waals surface area contributed by atoms with Crippen LogP contribution in [0.4, 0.5) is 0 Å². The summed E-state index contributed by atoms with van der Waals surface area (Å²) in [5.74, 6) is -1.57. The smallest absolute Gasteiger partial charge is 0.225 e. The van der Waals surface area contributed by atoms with Crippen molar-refractivity contribution in [3.8, 4) is 5.75 Å². The van der Waals surface area contributed by atoms with E-state index >= 15 is 0 Å². The summed E-state index contributed by atoms with van der Waals surface area (Å²) < 4.78 is 11.6. The number of hydrogen-bond acceptors (Lipinski definition) is 7. The molecule has 2 aromatic rings. The Labute approximate surface area is 166 Å². The van der Waals surface area contributed by atoms with Crippen LogP contribution in [0.2, 0.25) is 5.02 Å². The van der Waals surface area contributed by atoms with Crippen molar-refractivity contribution in [1.29, 1.82) is 0 Å². The summed E-state index contributed by atoms with van der Waals surface area (Å²) in [6.07, 6.45) is -4.16. The molecule has 2 aliphatic rings. The molecule has 0 spiro atoms. The van der Waals surface area contributed by atoms with E-state index in [9.17, 15) is 25.5 Å². The average Bonchev–Trinajstić information content (AvgIpc) is 3.08. The lowest BCUT2D eigenvalue weighted by molar-refractivity contribution is -0.329. The Balaban J connectivity index is 1.72. The maximum Gasteiger partial charge on any atom is 0.225 e. The zero-order valence-electron chi connectivity index (χ0n) is 14.8. The zero-order chi connectivity index (χ0) is 20.1. The Morgan fingerprint density at radius 1 is 1.04 bits per heavy atom. The fraction of sp³-hybridized carbons (Fsp3) is 0.400. The number of hydrogen-bond donors (Lipinski definition) is 5. The minimum absolute atomic E-state index is 0.161. The third kappa shape index (κ3) is 2.91. The first-order chi connectivity index (χ1) is 13.3. The number of benzene rings is 2. The molecule has 7 nitrogen and oxygen atoms in total. The summed E-state index contributed by atoms with van der Waals surface area (Å²) in [6.45, 7) is -0.762. The van der Waals surface area contributed by atoms with Crippen molar-refractivity contribution in [3.05, 3.63) is 64.2 Å². The van der Waals surface area contributed by atoms with Crippen molar-refractivity contribution >= 4 is 11.6 Å². The van der Waals surface area contributed by atoms with Gasteiger partial charge < -0.3 is 35.0 Å². The summed E-state index contributed by atoms with van der Waals surface area (Å²) >= 11 is 6.34. The second-order valence-corrected chi connectivity index (χ2v) is 7.72. The van der Waals surface area contributed by atoms with Gasteiger partial charge in [-0.1, -0.05) is 29.8 Å². The number of aliphatic hydroxyl groups excluding tert-OH is 4. The van der Waals surface area contributed by atoms with Gasteiger partial charge in [0.1, 0.15) is 29.7 Å². The van der Waals surface area contributed by atoms with E-state index in [1.54, 1.807) is 42.5 Å². The van der Waals surface area contributed by atoms with Gasteiger partial charge in [-0.05, 0) is 41.8 Å². The molecule has 2 fully saturated rings. The Morgan fingerprint density at radius 2 is 1.75 bits per heavy atom. The first kappa shape index (κ1) is 19.6. The summed E-state index contributed by atoms with van der Waals surface area (Å²) in [5, 5.41) is 50.8. The second kappa shape index (κ2) is 6.96. The van der Waals surface area contributed by atoms with Crippen LogP contribution in [0.3, 0.4) is 0 Å². The van der Waals surface area contributed by atoms with Crippen molar-refractivity contribution in [3.63, 3.8) is 0 Å². The SMILES string of the molecule is OCC12COC(c3ccc(Cl)c(Cc4ccc(O)cc4)c3)(O1)C(O)C(O)C2O. The van der Waals surface area contributed by atoms with E-state index in [1.165, 1.54) is 0 Å². The quantitative estimate of drug-likeness (QED) is 0.504. The van der Waals surface area contributed by atoms with Crippen LogP contribution in [0, 0.1) is 0 Å². The van der Waals surface area contributed by atoms with Crippen molar-refractivity contribution in [2.75, 3.05) is 13.2 Å². The molecule has 2 aromatic carbocycles. The standard InChI is InChI=1S/C20H21ClO7/c21-15-6-3-13(8-12(15)7-11-1-4-14(23)5-2-11)20-18(26)16(24)17(25)19(9-22,28-20)10-27-20/h1-6,8,16-18,22-26H,7,9-10H2. The molecule has 0 amide bonds. The second-order valence-electron chi connectivity index (χ2n) is 7.31. The minimum Gasteiger partial charge on any atom is -0.508 e. The topological polar surface area (TPSA) is 120 Å². The summed E-state index contributed by atoms with van der Waals surface area (Å²) in [5.41, 5.74) is 0.530. The van der Waals surface area contributed by atoms with Crippen molar-refractivity contribution in [2.45, 2.75) is 36.1 Å². The molecule has 2 saturated heterocycles. The minimum atomic E-state index is -1.73. The van der Waals surface area contributed by atoms with Crippen LogP contribution in [-0.2, 0) is 21.7 Å². The Morgan fingerprint density at radius 3 is 2.43 bits per heavy atom. The molecular weight excluding hydrogens is 388 g/mol. The van der Waals surface area contributed by atoms with Gasteiger partial charge in [-0.2, -0.15) is 0 Å². The number of rotatable bonds is 4. The van der Waals surface area contributed by atoms with E-state index in [4.69, 9.17) is 21.1 Å². The molecule has 0 aromatic heterocycles. The maximum absolute atomic E-state index is 10.6. The largest absolute Gasteiger partial charge is 0.508 e. The number of phenols is 1. The van der Waals surface area contributed by atoms with Gasteiger partial charge in [-0.25, -0.2) is 0 Å². The van der Waals surface area contributed by atoms with Crippen LogP contribution in [0.25, 0.3) is 0 Å². The number of halogens is 1. The number of aliphatic hydroxyl groups is 4. The van der Waals surface area contributed by atoms with Crippen LogP contribution < -0.4 is 0 Å². The fourth-order valence-electron chi connectivity index (χ4n) is 3.84. The predicted octanol–water partition coefficient (Wildman–Crippen LogP) is 0.663. The molecule has 8 heteroatoms. The first-order valence-electron chi connectivity index (χ1n) is 8.87. The molecule has 2 aliphatic heterocycles. The first-order valence-corrected chi connectivity index (χ1v) is 9.25. The molecule has 0 aliphatic carbocycles. The Hall–Kier alpha value is -1.71. The Kier molecular flexibility index (Phi) is 4.87. The lowest BCUT2D eigenvalue weighted by atomic mass is 9.83. The van der Waals surface area contributed by atoms with Crippen LogP contribution in [0.15, 0.2) is 42.5 Å². The maximum atomic E-state index is 10.6. The molecule has 4 rings (SSSR count). The molecule has 5 N–H and O–H groups in total. The summed E-state index contributed by atoms with van der Waals surface area (Å²) in [4.78, 5) is 0. The average molecular weight is 409 g/mol. The van der Waals surface area contributed by atoms with Gasteiger partial charge >= 0.3 is 0 Å². The highest BCUT2D eigenvalue weighted by atomic mass is 35.5. The van der Waals surface area contributed by atoms with E-state index in [1.807, 2.05) is 0 Å². The van der Waals surface area contributed by atoms with Crippen LogP contribution >= 0.6 is 11.6 Å². The van der Waals surface area contributed by atoms with E-state index in [2.05, 4.69) is 0 Å². The molecule has 28 heavy (non-hydrogen) atoms. The summed E-state index contributed by atoms with van der Waals surface area (Å²) in [6, 6.07) is 11.6. The lowest BCUT2D eigenvalue weighted by Crippen LogP contribution is -2.65. The van der Waals surface area contributed by atoms with Crippen molar-refractivity contribution in [2.24, 2.45) is 0 Å². The van der Waals surface area contributed by atoms with Gasteiger partial charge in [0.15, 0.2) is 0 Å². The monoisotopic (exact) mass is 408 g/mol. The van der Waals surface area contributed by atoms with Gasteiger partial charge in [0.25, 0.3) is 0 Å². The van der Waals surface area contributed by atoms with E-state index in [0.717, 1.165) is 11.1 Å². The molecule has 5 atom stereocenters. The van der Waals surface area contributed by atoms with Gasteiger partial charge in [0.05, 0.1) is 13.2 Å². The molecule has 0 saturated carbocycles. The zero-order valence-corrected chi connectivity index (χ0v) is 15.6. The number of fused-ring (bicyclic) bond motifs is 2. The molecule has 2 bridgehead atoms. The normalized spacial score (nSPS) is 34.5. The third-order valence-corrected chi connectivity index (χ3v) is 5.88. The van der Waals surface area contributed by atoms with Crippen molar-refractivity contribution in [1.82, 2.24) is 0 Å². The van der Waals surface area contributed by atoms with E-state index < -0.39 is 36.3 Å². The number of aromatic hydroxyl groups is 1. The van der Waals surface area contributed by atoms with Gasteiger partial charge in [0.2, 0.25) is 5.79 Å². The number of ether oxygens (including phenoxy) is 2. The van der Waals surface area contributed by atoms with Gasteiger partial charge in [0, 0.05) is 10.6 Å². The fourth-order valence-corrected chi connectivity index (χ4v) is 4.02.